The Morgan fingerprint density at radius 3 is 2.52 bits per heavy atom. The molecule has 1 aliphatic carbocycles. The summed E-state index contributed by atoms with van der Waals surface area (Å²) in [6, 6.07) is 26.7. The Kier molecular flexibility index (Phi) is 2.89. The highest BCUT2D eigenvalue weighted by Crippen LogP contribution is 2.51. The van der Waals surface area contributed by atoms with E-state index in [1.807, 2.05) is 11.3 Å². The summed E-state index contributed by atoms with van der Waals surface area (Å²) in [5.41, 5.74) is 7.00. The number of hydrogen-bond acceptors (Lipinski definition) is 1. The molecule has 0 radical (unpaired) electrons. The molecule has 5 aromatic rings. The van der Waals surface area contributed by atoms with Crippen molar-refractivity contribution >= 4 is 32.3 Å². The lowest BCUT2D eigenvalue weighted by Gasteiger charge is -2.21. The summed E-state index contributed by atoms with van der Waals surface area (Å²) in [6.07, 6.45) is 2.23. The van der Waals surface area contributed by atoms with Crippen LogP contribution in [0.2, 0.25) is 0 Å². The van der Waals surface area contributed by atoms with Crippen LogP contribution in [0.5, 0.6) is 0 Å². The summed E-state index contributed by atoms with van der Waals surface area (Å²) in [5.74, 6) is 0. The van der Waals surface area contributed by atoms with Gasteiger partial charge in [-0.15, -0.1) is 11.3 Å². The van der Waals surface area contributed by atoms with E-state index in [2.05, 4.69) is 97.4 Å². The zero-order chi connectivity index (χ0) is 18.2. The molecule has 0 N–H and O–H groups in total. The van der Waals surface area contributed by atoms with E-state index in [-0.39, 0.29) is 5.41 Å². The molecule has 0 bridgehead atoms. The number of hydrogen-bond donors (Lipinski definition) is 0. The fourth-order valence-electron chi connectivity index (χ4n) is 4.70. The van der Waals surface area contributed by atoms with E-state index in [9.17, 15) is 0 Å². The van der Waals surface area contributed by atoms with Crippen LogP contribution in [0.4, 0.5) is 0 Å². The third-order valence-corrected chi connectivity index (χ3v) is 7.18. The van der Waals surface area contributed by atoms with Crippen LogP contribution in [-0.4, -0.2) is 4.57 Å². The maximum atomic E-state index is 2.34. The van der Waals surface area contributed by atoms with Crippen LogP contribution in [0.1, 0.15) is 25.0 Å². The predicted molar refractivity (Wildman–Crippen MR) is 116 cm³/mol. The number of aromatic nitrogens is 1. The zero-order valence-electron chi connectivity index (χ0n) is 15.4. The Labute approximate surface area is 162 Å². The van der Waals surface area contributed by atoms with Crippen LogP contribution in [0.15, 0.2) is 79.0 Å². The first-order chi connectivity index (χ1) is 13.1. The molecule has 0 saturated heterocycles. The molecule has 2 heteroatoms. The van der Waals surface area contributed by atoms with Gasteiger partial charge in [0.05, 0.1) is 5.52 Å². The summed E-state index contributed by atoms with van der Waals surface area (Å²) in [7, 11) is 0. The minimum Gasteiger partial charge on any atom is -0.308 e. The van der Waals surface area contributed by atoms with Crippen LogP contribution < -0.4 is 0 Å². The predicted octanol–water partition coefficient (Wildman–Crippen LogP) is 7.15. The number of benzene rings is 3. The monoisotopic (exact) mass is 365 g/mol. The Morgan fingerprint density at radius 2 is 1.63 bits per heavy atom. The molecule has 0 saturated carbocycles. The van der Waals surface area contributed by atoms with Gasteiger partial charge in [-0.3, -0.25) is 0 Å². The van der Waals surface area contributed by atoms with Gasteiger partial charge in [-0.1, -0.05) is 62.4 Å². The smallest absolute Gasteiger partial charge is 0.101 e. The molecule has 2 aromatic heterocycles. The lowest BCUT2D eigenvalue weighted by Crippen LogP contribution is -2.14. The minimum atomic E-state index is 0.0554. The summed E-state index contributed by atoms with van der Waals surface area (Å²) in [4.78, 5) is 0. The molecule has 1 aliphatic rings. The van der Waals surface area contributed by atoms with Gasteiger partial charge in [0.25, 0.3) is 0 Å². The highest BCUT2D eigenvalue weighted by atomic mass is 32.1. The van der Waals surface area contributed by atoms with Gasteiger partial charge in [-0.2, -0.15) is 0 Å². The van der Waals surface area contributed by atoms with E-state index in [0.717, 1.165) is 0 Å². The second-order valence-corrected chi connectivity index (χ2v) is 8.96. The molecule has 0 unspecified atom stereocenters. The van der Waals surface area contributed by atoms with Crippen molar-refractivity contribution in [1.29, 1.82) is 0 Å². The quantitative estimate of drug-likeness (QED) is 0.297. The van der Waals surface area contributed by atoms with Gasteiger partial charge in [0.2, 0.25) is 0 Å². The van der Waals surface area contributed by atoms with Crippen molar-refractivity contribution < 1.29 is 0 Å². The van der Waals surface area contributed by atoms with Crippen LogP contribution in [0.25, 0.3) is 37.1 Å². The Balaban J connectivity index is 1.65. The van der Waals surface area contributed by atoms with E-state index in [1.165, 1.54) is 48.2 Å². The van der Waals surface area contributed by atoms with E-state index >= 15 is 0 Å². The first-order valence-electron chi connectivity index (χ1n) is 9.38. The summed E-state index contributed by atoms with van der Waals surface area (Å²) >= 11 is 1.85. The Hall–Kier alpha value is -2.84. The molecule has 0 aliphatic heterocycles. The SMILES string of the molecule is CC1(C)c2ccccc2-c2c1ccc1c2ccn1-c1cc2ccccc2s1. The van der Waals surface area contributed by atoms with Gasteiger partial charge >= 0.3 is 0 Å². The lowest BCUT2D eigenvalue weighted by atomic mass is 9.82. The molecular formula is C25H19NS. The molecule has 0 fully saturated rings. The van der Waals surface area contributed by atoms with E-state index in [1.54, 1.807) is 0 Å². The highest BCUT2D eigenvalue weighted by Gasteiger charge is 2.36. The van der Waals surface area contributed by atoms with Crippen molar-refractivity contribution in [2.75, 3.05) is 0 Å². The van der Waals surface area contributed by atoms with E-state index in [0.29, 0.717) is 0 Å². The largest absolute Gasteiger partial charge is 0.308 e. The second kappa shape index (κ2) is 5.11. The summed E-state index contributed by atoms with van der Waals surface area (Å²) in [6.45, 7) is 4.68. The van der Waals surface area contributed by atoms with E-state index < -0.39 is 0 Å². The van der Waals surface area contributed by atoms with Gasteiger partial charge < -0.3 is 4.57 Å². The van der Waals surface area contributed by atoms with Crippen molar-refractivity contribution in [3.05, 3.63) is 90.1 Å². The molecular weight excluding hydrogens is 346 g/mol. The molecule has 3 aromatic carbocycles. The van der Waals surface area contributed by atoms with Crippen LogP contribution in [0, 0.1) is 0 Å². The van der Waals surface area contributed by atoms with Gasteiger partial charge in [-0.05, 0) is 51.9 Å². The Morgan fingerprint density at radius 1 is 0.815 bits per heavy atom. The van der Waals surface area contributed by atoms with Crippen molar-refractivity contribution in [3.63, 3.8) is 0 Å². The molecule has 6 rings (SSSR count). The van der Waals surface area contributed by atoms with Gasteiger partial charge in [-0.25, -0.2) is 0 Å². The maximum absolute atomic E-state index is 2.34. The molecule has 2 heterocycles. The molecule has 27 heavy (non-hydrogen) atoms. The molecule has 0 spiro atoms. The van der Waals surface area contributed by atoms with Crippen LogP contribution in [0.3, 0.4) is 0 Å². The first-order valence-corrected chi connectivity index (χ1v) is 10.2. The van der Waals surface area contributed by atoms with Gasteiger partial charge in [0, 0.05) is 21.7 Å². The zero-order valence-corrected chi connectivity index (χ0v) is 16.2. The molecule has 130 valence electrons. The average Bonchev–Trinajstić information content (AvgIpc) is 3.35. The molecule has 0 amide bonds. The fourth-order valence-corrected chi connectivity index (χ4v) is 5.76. The lowest BCUT2D eigenvalue weighted by molar-refractivity contribution is 0.661. The van der Waals surface area contributed by atoms with Crippen LogP contribution in [-0.2, 0) is 5.41 Å². The van der Waals surface area contributed by atoms with Gasteiger partial charge in [0.15, 0.2) is 0 Å². The minimum absolute atomic E-state index is 0.0554. The maximum Gasteiger partial charge on any atom is 0.101 e. The average molecular weight is 366 g/mol. The van der Waals surface area contributed by atoms with Crippen LogP contribution >= 0.6 is 11.3 Å². The Bertz CT molecular complexity index is 1320. The fraction of sp³-hybridized carbons (Fsp3) is 0.120. The number of fused-ring (bicyclic) bond motifs is 6. The molecule has 0 atom stereocenters. The normalized spacial score (nSPS) is 14.6. The number of rotatable bonds is 1. The third-order valence-electron chi connectivity index (χ3n) is 6.07. The second-order valence-electron chi connectivity index (χ2n) is 7.90. The van der Waals surface area contributed by atoms with Crippen molar-refractivity contribution in [2.24, 2.45) is 0 Å². The summed E-state index contributed by atoms with van der Waals surface area (Å²) < 4.78 is 3.68. The van der Waals surface area contributed by atoms with Crippen molar-refractivity contribution in [2.45, 2.75) is 19.3 Å². The number of nitrogens with zero attached hydrogens (tertiary/aromatic N) is 1. The standard InChI is InChI=1S/C25H19NS/c1-25(2)19-9-5-4-8-17(19)24-18-13-14-26(21(18)12-11-20(24)25)23-15-16-7-3-6-10-22(16)27-23/h3-15H,1-2H3. The summed E-state index contributed by atoms with van der Waals surface area (Å²) in [5, 5.41) is 3.94. The first kappa shape index (κ1) is 15.2. The molecule has 1 nitrogen and oxygen atoms in total. The third kappa shape index (κ3) is 1.94. The highest BCUT2D eigenvalue weighted by molar-refractivity contribution is 7.21. The van der Waals surface area contributed by atoms with Gasteiger partial charge in [0.1, 0.15) is 5.00 Å². The van der Waals surface area contributed by atoms with E-state index in [4.69, 9.17) is 0 Å². The van der Waals surface area contributed by atoms with Crippen molar-refractivity contribution in [1.82, 2.24) is 4.57 Å². The number of thiophene rings is 1. The topological polar surface area (TPSA) is 4.93 Å². The van der Waals surface area contributed by atoms with Crippen molar-refractivity contribution in [3.8, 4) is 16.1 Å².